The molecule has 0 atom stereocenters. The van der Waals surface area contributed by atoms with Crippen molar-refractivity contribution in [3.8, 4) is 5.75 Å². The van der Waals surface area contributed by atoms with Crippen LogP contribution in [0.4, 0.5) is 5.69 Å². The molecule has 3 rings (SSSR count). The molecule has 158 valence electrons. The van der Waals surface area contributed by atoms with Crippen molar-refractivity contribution in [2.24, 2.45) is 5.73 Å². The maximum atomic E-state index is 13.1. The van der Waals surface area contributed by atoms with Crippen LogP contribution in [0.25, 0.3) is 5.57 Å². The van der Waals surface area contributed by atoms with Gasteiger partial charge in [0.1, 0.15) is 17.3 Å². The van der Waals surface area contributed by atoms with E-state index in [9.17, 15) is 9.59 Å². The van der Waals surface area contributed by atoms with E-state index in [1.807, 2.05) is 0 Å². The van der Waals surface area contributed by atoms with E-state index >= 15 is 0 Å². The highest BCUT2D eigenvalue weighted by molar-refractivity contribution is 6.29. The summed E-state index contributed by atoms with van der Waals surface area (Å²) in [4.78, 5) is 25.8. The normalized spacial score (nSPS) is 13.0. The fraction of sp³-hybridized carbons (Fsp3) is 0.190. The number of amidine groups is 1. The summed E-state index contributed by atoms with van der Waals surface area (Å²) >= 11 is 0. The first-order valence-corrected chi connectivity index (χ1v) is 8.78. The number of anilines is 1. The van der Waals surface area contributed by atoms with Crippen LogP contribution in [0.15, 0.2) is 54.3 Å². The van der Waals surface area contributed by atoms with Gasteiger partial charge < -0.3 is 24.8 Å². The Morgan fingerprint density at radius 3 is 2.27 bits per heavy atom. The van der Waals surface area contributed by atoms with Crippen molar-refractivity contribution in [2.75, 3.05) is 32.3 Å². The average Bonchev–Trinajstić information content (AvgIpc) is 3.08. The summed E-state index contributed by atoms with van der Waals surface area (Å²) in [6.07, 6.45) is 0. The number of rotatable bonds is 7. The highest BCUT2D eigenvalue weighted by atomic mass is 35.5. The number of amides is 1. The molecule has 0 bridgehead atoms. The van der Waals surface area contributed by atoms with Gasteiger partial charge in [-0.05, 0) is 42.0 Å². The van der Waals surface area contributed by atoms with Crippen LogP contribution in [0, 0.1) is 5.41 Å². The fourth-order valence-corrected chi connectivity index (χ4v) is 2.95. The number of nitrogen functional groups attached to an aromatic ring is 1. The summed E-state index contributed by atoms with van der Waals surface area (Å²) in [5.74, 6) is 0.335. The minimum atomic E-state index is -0.476. The molecule has 8 nitrogen and oxygen atoms in total. The summed E-state index contributed by atoms with van der Waals surface area (Å²) in [6, 6.07) is 13.7. The highest BCUT2D eigenvalue weighted by Crippen LogP contribution is 2.33. The maximum Gasteiger partial charge on any atom is 0.343 e. The van der Waals surface area contributed by atoms with Gasteiger partial charge in [-0.25, -0.2) is 4.79 Å². The lowest BCUT2D eigenvalue weighted by Crippen LogP contribution is -2.26. The van der Waals surface area contributed by atoms with Crippen LogP contribution in [-0.2, 0) is 19.1 Å². The highest BCUT2D eigenvalue weighted by Gasteiger charge is 2.33. The predicted octanol–water partition coefficient (Wildman–Crippen LogP) is 2.35. The number of hydrogen-bond acceptors (Lipinski definition) is 6. The summed E-state index contributed by atoms with van der Waals surface area (Å²) in [6.45, 7) is 0.107. The van der Waals surface area contributed by atoms with Crippen molar-refractivity contribution in [3.63, 3.8) is 0 Å². The summed E-state index contributed by atoms with van der Waals surface area (Å²) in [5, 5.41) is 7.48. The van der Waals surface area contributed by atoms with Crippen molar-refractivity contribution in [3.05, 3.63) is 65.4 Å². The Kier molecular flexibility index (Phi) is 7.43. The maximum absolute atomic E-state index is 13.1. The number of nitrogens with zero attached hydrogens (tertiary/aromatic N) is 1. The molecule has 1 amide bonds. The molecule has 0 saturated heterocycles. The van der Waals surface area contributed by atoms with Gasteiger partial charge in [-0.2, -0.15) is 0 Å². The molecule has 0 saturated carbocycles. The van der Waals surface area contributed by atoms with Crippen LogP contribution >= 0.6 is 12.4 Å². The van der Waals surface area contributed by atoms with Crippen molar-refractivity contribution in [1.29, 1.82) is 5.41 Å². The number of halogens is 1. The van der Waals surface area contributed by atoms with Crippen LogP contribution in [0.3, 0.4) is 0 Å². The average molecular weight is 432 g/mol. The molecule has 0 fully saturated rings. The molecule has 9 heteroatoms. The third-order valence-electron chi connectivity index (χ3n) is 4.50. The molecule has 1 aliphatic heterocycles. The molecule has 0 aliphatic carbocycles. The molecule has 0 aromatic heterocycles. The number of hydrogen-bond donors (Lipinski definition) is 2. The Hall–Kier alpha value is -3.52. The van der Waals surface area contributed by atoms with Crippen LogP contribution in [0.2, 0.25) is 0 Å². The largest absolute Gasteiger partial charge is 0.498 e. The van der Waals surface area contributed by atoms with E-state index in [0.29, 0.717) is 40.4 Å². The molecule has 0 spiro atoms. The van der Waals surface area contributed by atoms with Gasteiger partial charge in [0, 0.05) is 11.3 Å². The van der Waals surface area contributed by atoms with E-state index < -0.39 is 5.97 Å². The van der Waals surface area contributed by atoms with Gasteiger partial charge >= 0.3 is 5.97 Å². The van der Waals surface area contributed by atoms with E-state index in [-0.39, 0.29) is 30.8 Å². The molecule has 0 radical (unpaired) electrons. The third-order valence-corrected chi connectivity index (χ3v) is 4.50. The van der Waals surface area contributed by atoms with Gasteiger partial charge in [0.05, 0.1) is 26.3 Å². The quantitative estimate of drug-likeness (QED) is 0.395. The monoisotopic (exact) mass is 431 g/mol. The van der Waals surface area contributed by atoms with Crippen LogP contribution < -0.4 is 15.4 Å². The van der Waals surface area contributed by atoms with Gasteiger partial charge in [-0.15, -0.1) is 12.4 Å². The predicted molar refractivity (Wildman–Crippen MR) is 115 cm³/mol. The number of nitrogens with two attached hydrogens (primary N) is 1. The Bertz CT molecular complexity index is 971. The van der Waals surface area contributed by atoms with E-state index in [1.54, 1.807) is 53.4 Å². The number of carbonyl (C=O) groups is 2. The molecule has 1 aliphatic rings. The molecule has 30 heavy (non-hydrogen) atoms. The fourth-order valence-electron chi connectivity index (χ4n) is 2.95. The SMILES string of the molecule is COC(=O)COc1ccc(C2=C(OC)CN(c3ccc(C(=N)N)cc3)C2=O)cc1.Cl. The van der Waals surface area contributed by atoms with Gasteiger partial charge in [0.2, 0.25) is 0 Å². The second kappa shape index (κ2) is 9.80. The van der Waals surface area contributed by atoms with Crippen molar-refractivity contribution < 1.29 is 23.8 Å². The lowest BCUT2D eigenvalue weighted by molar-refractivity contribution is -0.142. The van der Waals surface area contributed by atoms with Crippen molar-refractivity contribution in [2.45, 2.75) is 0 Å². The number of ether oxygens (including phenoxy) is 3. The zero-order chi connectivity index (χ0) is 21.0. The Morgan fingerprint density at radius 1 is 1.10 bits per heavy atom. The number of benzene rings is 2. The molecule has 2 aromatic rings. The lowest BCUT2D eigenvalue weighted by Gasteiger charge is -2.17. The molecule has 2 aromatic carbocycles. The Labute approximate surface area is 180 Å². The minimum absolute atomic E-state index is 0. The van der Waals surface area contributed by atoms with Crippen molar-refractivity contribution >= 4 is 41.4 Å². The Morgan fingerprint density at radius 2 is 1.73 bits per heavy atom. The summed E-state index contributed by atoms with van der Waals surface area (Å²) in [7, 11) is 2.82. The molecular weight excluding hydrogens is 410 g/mol. The second-order valence-electron chi connectivity index (χ2n) is 6.24. The first kappa shape index (κ1) is 22.8. The van der Waals surface area contributed by atoms with Gasteiger partial charge in [-0.1, -0.05) is 12.1 Å². The molecule has 3 N–H and O–H groups in total. The number of nitrogens with one attached hydrogen (secondary N) is 1. The van der Waals surface area contributed by atoms with Crippen LogP contribution in [-0.4, -0.2) is 45.1 Å². The number of carbonyl (C=O) groups excluding carboxylic acids is 2. The first-order chi connectivity index (χ1) is 13.9. The zero-order valence-corrected chi connectivity index (χ0v) is 17.3. The van der Waals surface area contributed by atoms with E-state index in [0.717, 1.165) is 0 Å². The second-order valence-corrected chi connectivity index (χ2v) is 6.24. The minimum Gasteiger partial charge on any atom is -0.498 e. The van der Waals surface area contributed by atoms with E-state index in [2.05, 4.69) is 4.74 Å². The van der Waals surface area contributed by atoms with Crippen LogP contribution in [0.5, 0.6) is 5.75 Å². The van der Waals surface area contributed by atoms with Crippen LogP contribution in [0.1, 0.15) is 11.1 Å². The van der Waals surface area contributed by atoms with E-state index in [1.165, 1.54) is 14.2 Å². The lowest BCUT2D eigenvalue weighted by atomic mass is 10.1. The molecule has 1 heterocycles. The molecular formula is C21H22ClN3O5. The Balaban J connectivity index is 0.00000320. The smallest absolute Gasteiger partial charge is 0.343 e. The van der Waals surface area contributed by atoms with Gasteiger partial charge in [-0.3, -0.25) is 10.2 Å². The topological polar surface area (TPSA) is 115 Å². The number of esters is 1. The van der Waals surface area contributed by atoms with Crippen molar-refractivity contribution in [1.82, 2.24) is 0 Å². The summed E-state index contributed by atoms with van der Waals surface area (Å²) in [5.41, 5.74) is 7.89. The standard InChI is InChI=1S/C21H21N3O5.ClH/c1-27-17-11-24(15-7-3-14(4-8-15)20(22)23)21(26)19(17)13-5-9-16(10-6-13)29-12-18(25)28-2;/h3-10H,11-12H2,1-2H3,(H3,22,23);1H. The van der Waals surface area contributed by atoms with Gasteiger partial charge in [0.15, 0.2) is 6.61 Å². The first-order valence-electron chi connectivity index (χ1n) is 8.78. The number of methoxy groups -OCH3 is 2. The van der Waals surface area contributed by atoms with E-state index in [4.69, 9.17) is 20.6 Å². The third kappa shape index (κ3) is 4.72. The molecule has 0 unspecified atom stereocenters. The van der Waals surface area contributed by atoms with Gasteiger partial charge in [0.25, 0.3) is 5.91 Å². The summed E-state index contributed by atoms with van der Waals surface area (Å²) < 4.78 is 15.3. The zero-order valence-electron chi connectivity index (χ0n) is 16.5.